The first-order chi connectivity index (χ1) is 9.74. The van der Waals surface area contributed by atoms with Gasteiger partial charge in [0.2, 0.25) is 0 Å². The first-order valence-corrected chi connectivity index (χ1v) is 7.62. The van der Waals surface area contributed by atoms with E-state index in [9.17, 15) is 4.79 Å². The van der Waals surface area contributed by atoms with Crippen LogP contribution in [0.2, 0.25) is 0 Å². The Kier molecular flexibility index (Phi) is 3.69. The summed E-state index contributed by atoms with van der Waals surface area (Å²) < 4.78 is 0. The van der Waals surface area contributed by atoms with E-state index in [1.165, 1.54) is 10.4 Å². The molecule has 1 N–H and O–H groups in total. The minimum absolute atomic E-state index is 0.00521. The number of pyridine rings is 1. The van der Waals surface area contributed by atoms with Gasteiger partial charge in [-0.3, -0.25) is 4.98 Å². The molecule has 0 aromatic carbocycles. The first-order valence-electron chi connectivity index (χ1n) is 6.74. The van der Waals surface area contributed by atoms with Crippen LogP contribution in [0.5, 0.6) is 0 Å². The van der Waals surface area contributed by atoms with Crippen molar-refractivity contribution in [3.8, 4) is 0 Å². The molecule has 2 aromatic rings. The van der Waals surface area contributed by atoms with E-state index in [0.29, 0.717) is 6.54 Å². The predicted molar refractivity (Wildman–Crippen MR) is 79.6 cm³/mol. The maximum Gasteiger partial charge on any atom is 0.318 e. The van der Waals surface area contributed by atoms with E-state index in [2.05, 4.69) is 21.7 Å². The molecule has 0 radical (unpaired) electrons. The highest BCUT2D eigenvalue weighted by atomic mass is 32.1. The molecule has 0 saturated carbocycles. The van der Waals surface area contributed by atoms with Gasteiger partial charge >= 0.3 is 6.03 Å². The molecule has 1 aliphatic rings. The third-order valence-corrected chi connectivity index (χ3v) is 4.66. The highest BCUT2D eigenvalue weighted by Crippen LogP contribution is 2.24. The van der Waals surface area contributed by atoms with E-state index in [1.807, 2.05) is 24.0 Å². The summed E-state index contributed by atoms with van der Waals surface area (Å²) in [5.74, 6) is 0. The van der Waals surface area contributed by atoms with Gasteiger partial charge in [0.1, 0.15) is 0 Å². The van der Waals surface area contributed by atoms with Crippen molar-refractivity contribution in [3.05, 3.63) is 52.0 Å². The van der Waals surface area contributed by atoms with Gasteiger partial charge in [-0.05, 0) is 48.1 Å². The van der Waals surface area contributed by atoms with E-state index < -0.39 is 0 Å². The van der Waals surface area contributed by atoms with Crippen molar-refractivity contribution < 1.29 is 4.79 Å². The Hall–Kier alpha value is -1.88. The second-order valence-corrected chi connectivity index (χ2v) is 5.99. The van der Waals surface area contributed by atoms with Crippen LogP contribution in [-0.4, -0.2) is 22.5 Å². The summed E-state index contributed by atoms with van der Waals surface area (Å²) in [5, 5.41) is 5.15. The van der Waals surface area contributed by atoms with E-state index in [-0.39, 0.29) is 12.1 Å². The number of nitrogens with one attached hydrogen (secondary N) is 1. The summed E-state index contributed by atoms with van der Waals surface area (Å²) in [6.45, 7) is 3.50. The van der Waals surface area contributed by atoms with Gasteiger partial charge in [0, 0.05) is 30.4 Å². The van der Waals surface area contributed by atoms with E-state index in [0.717, 1.165) is 18.5 Å². The molecule has 1 atom stereocenters. The maximum atomic E-state index is 12.3. The van der Waals surface area contributed by atoms with E-state index in [1.54, 1.807) is 23.7 Å². The van der Waals surface area contributed by atoms with Gasteiger partial charge in [-0.25, -0.2) is 4.79 Å². The van der Waals surface area contributed by atoms with Crippen LogP contribution in [0.4, 0.5) is 4.79 Å². The van der Waals surface area contributed by atoms with Gasteiger partial charge in [0.05, 0.1) is 6.04 Å². The summed E-state index contributed by atoms with van der Waals surface area (Å²) >= 11 is 1.78. The van der Waals surface area contributed by atoms with Gasteiger partial charge in [-0.2, -0.15) is 0 Å². The maximum absolute atomic E-state index is 12.3. The summed E-state index contributed by atoms with van der Waals surface area (Å²) in [6, 6.07) is 5.97. The molecule has 20 heavy (non-hydrogen) atoms. The lowest BCUT2D eigenvalue weighted by Gasteiger charge is -2.28. The average Bonchev–Trinajstić information content (AvgIpc) is 2.95. The number of urea groups is 1. The third kappa shape index (κ3) is 2.67. The topological polar surface area (TPSA) is 45.2 Å². The van der Waals surface area contributed by atoms with Crippen LogP contribution in [0.25, 0.3) is 0 Å². The van der Waals surface area contributed by atoms with Crippen molar-refractivity contribution in [1.29, 1.82) is 0 Å². The summed E-state index contributed by atoms with van der Waals surface area (Å²) in [6.07, 6.45) is 4.46. The fourth-order valence-corrected chi connectivity index (χ4v) is 3.32. The Morgan fingerprint density at radius 3 is 3.00 bits per heavy atom. The third-order valence-electron chi connectivity index (χ3n) is 3.64. The lowest BCUT2D eigenvalue weighted by molar-refractivity contribution is 0.189. The minimum Gasteiger partial charge on any atom is -0.331 e. The van der Waals surface area contributed by atoms with Crippen molar-refractivity contribution >= 4 is 17.4 Å². The van der Waals surface area contributed by atoms with Gasteiger partial charge in [0.25, 0.3) is 0 Å². The molecule has 2 aromatic heterocycles. The van der Waals surface area contributed by atoms with Crippen LogP contribution < -0.4 is 5.32 Å². The first kappa shape index (κ1) is 13.1. The van der Waals surface area contributed by atoms with Crippen LogP contribution >= 0.6 is 11.3 Å². The number of aromatic nitrogens is 1. The van der Waals surface area contributed by atoms with Crippen LogP contribution in [0, 0.1) is 0 Å². The summed E-state index contributed by atoms with van der Waals surface area (Å²) in [7, 11) is 0. The fourth-order valence-electron chi connectivity index (χ4n) is 2.43. The Morgan fingerprint density at radius 2 is 2.20 bits per heavy atom. The molecule has 3 rings (SSSR count). The number of hydrogen-bond donors (Lipinski definition) is 1. The van der Waals surface area contributed by atoms with Gasteiger partial charge in [-0.1, -0.05) is 0 Å². The Bertz CT molecular complexity index is 596. The molecule has 0 spiro atoms. The monoisotopic (exact) mass is 287 g/mol. The SMILES string of the molecule is C[C@@H](NC(=O)N1CCc2sccc2C1)c1ccncc1. The number of carbonyl (C=O) groups is 1. The zero-order valence-corrected chi connectivity index (χ0v) is 12.2. The second kappa shape index (κ2) is 5.63. The standard InChI is InChI=1S/C15H17N3OS/c1-11(12-2-6-16-7-3-12)17-15(19)18-8-4-14-13(10-18)5-9-20-14/h2-3,5-7,9,11H,4,8,10H2,1H3,(H,17,19)/t11-/m1/s1. The minimum atomic E-state index is -0.00521. The highest BCUT2D eigenvalue weighted by molar-refractivity contribution is 7.10. The van der Waals surface area contributed by atoms with Crippen molar-refractivity contribution in [3.63, 3.8) is 0 Å². The normalized spacial score (nSPS) is 15.6. The molecule has 0 fully saturated rings. The average molecular weight is 287 g/mol. The number of carbonyl (C=O) groups excluding carboxylic acids is 1. The number of amides is 2. The number of fused-ring (bicyclic) bond motifs is 1. The molecule has 2 amide bonds. The van der Waals surface area contributed by atoms with Gasteiger partial charge in [0.15, 0.2) is 0 Å². The van der Waals surface area contributed by atoms with Crippen LogP contribution in [-0.2, 0) is 13.0 Å². The lowest BCUT2D eigenvalue weighted by Crippen LogP contribution is -2.43. The largest absolute Gasteiger partial charge is 0.331 e. The molecule has 0 saturated heterocycles. The predicted octanol–water partition coefficient (Wildman–Crippen LogP) is 2.97. The fraction of sp³-hybridized carbons (Fsp3) is 0.333. The quantitative estimate of drug-likeness (QED) is 0.923. The molecule has 4 nitrogen and oxygen atoms in total. The summed E-state index contributed by atoms with van der Waals surface area (Å²) in [5.41, 5.74) is 2.36. The molecule has 5 heteroatoms. The van der Waals surface area contributed by atoms with Crippen molar-refractivity contribution in [1.82, 2.24) is 15.2 Å². The van der Waals surface area contributed by atoms with Gasteiger partial charge in [-0.15, -0.1) is 11.3 Å². The Morgan fingerprint density at radius 1 is 1.40 bits per heavy atom. The number of thiophene rings is 1. The van der Waals surface area contributed by atoms with Crippen LogP contribution in [0.3, 0.4) is 0 Å². The molecule has 104 valence electrons. The second-order valence-electron chi connectivity index (χ2n) is 4.99. The number of hydrogen-bond acceptors (Lipinski definition) is 3. The molecule has 0 unspecified atom stereocenters. The number of rotatable bonds is 2. The molecule has 3 heterocycles. The molecular weight excluding hydrogens is 270 g/mol. The van der Waals surface area contributed by atoms with Crippen LogP contribution in [0.1, 0.15) is 29.0 Å². The molecule has 1 aliphatic heterocycles. The molecular formula is C15H17N3OS. The number of nitrogens with zero attached hydrogens (tertiary/aromatic N) is 2. The Labute approximate surface area is 122 Å². The highest BCUT2D eigenvalue weighted by Gasteiger charge is 2.22. The van der Waals surface area contributed by atoms with Crippen molar-refractivity contribution in [2.24, 2.45) is 0 Å². The van der Waals surface area contributed by atoms with Gasteiger partial charge < -0.3 is 10.2 Å². The zero-order chi connectivity index (χ0) is 13.9. The van der Waals surface area contributed by atoms with E-state index >= 15 is 0 Å². The van der Waals surface area contributed by atoms with Crippen molar-refractivity contribution in [2.75, 3.05) is 6.54 Å². The molecule has 0 aliphatic carbocycles. The smallest absolute Gasteiger partial charge is 0.318 e. The Balaban J connectivity index is 1.63. The van der Waals surface area contributed by atoms with Crippen molar-refractivity contribution in [2.45, 2.75) is 25.9 Å². The van der Waals surface area contributed by atoms with E-state index in [4.69, 9.17) is 0 Å². The summed E-state index contributed by atoms with van der Waals surface area (Å²) in [4.78, 5) is 19.6. The lowest BCUT2D eigenvalue weighted by atomic mass is 10.1. The molecule has 0 bridgehead atoms. The zero-order valence-electron chi connectivity index (χ0n) is 11.4. The van der Waals surface area contributed by atoms with Crippen LogP contribution in [0.15, 0.2) is 36.0 Å².